The first kappa shape index (κ1) is 17.2. The van der Waals surface area contributed by atoms with E-state index in [2.05, 4.69) is 21.6 Å². The van der Waals surface area contributed by atoms with E-state index in [1.54, 1.807) is 6.33 Å². The van der Waals surface area contributed by atoms with E-state index in [0.29, 0.717) is 24.4 Å². The van der Waals surface area contributed by atoms with Crippen molar-refractivity contribution in [2.45, 2.75) is 50.0 Å². The summed E-state index contributed by atoms with van der Waals surface area (Å²) in [4.78, 5) is 12.5. The molecule has 0 saturated heterocycles. The summed E-state index contributed by atoms with van der Waals surface area (Å²) in [5.74, 6) is 1.72. The van der Waals surface area contributed by atoms with Crippen molar-refractivity contribution in [1.29, 1.82) is 0 Å². The number of nitrogens with zero attached hydrogens (tertiary/aromatic N) is 3. The van der Waals surface area contributed by atoms with Gasteiger partial charge in [-0.25, -0.2) is 0 Å². The summed E-state index contributed by atoms with van der Waals surface area (Å²) >= 11 is 0. The van der Waals surface area contributed by atoms with E-state index in [9.17, 15) is 9.90 Å². The van der Waals surface area contributed by atoms with Crippen molar-refractivity contribution < 1.29 is 9.90 Å². The SMILES string of the molecule is Cn1cnnc1[C@H]1C[C@H](CNC(=O)c2cccc(C3CCC3)c2)[C@H](O)C1. The molecule has 0 aliphatic heterocycles. The topological polar surface area (TPSA) is 80.0 Å². The van der Waals surface area contributed by atoms with Crippen molar-refractivity contribution >= 4 is 5.91 Å². The van der Waals surface area contributed by atoms with Crippen LogP contribution in [0.3, 0.4) is 0 Å². The highest BCUT2D eigenvalue weighted by Gasteiger charge is 2.36. The van der Waals surface area contributed by atoms with Gasteiger partial charge in [-0.1, -0.05) is 18.6 Å². The lowest BCUT2D eigenvalue weighted by Gasteiger charge is -2.26. The van der Waals surface area contributed by atoms with Crippen molar-refractivity contribution in [2.24, 2.45) is 13.0 Å². The number of aliphatic hydroxyl groups is 1. The van der Waals surface area contributed by atoms with Gasteiger partial charge in [0.2, 0.25) is 0 Å². The number of aryl methyl sites for hydroxylation is 1. The first-order chi connectivity index (χ1) is 12.6. The molecule has 2 aliphatic rings. The molecule has 6 heteroatoms. The van der Waals surface area contributed by atoms with E-state index in [1.165, 1.54) is 24.8 Å². The third-order valence-corrected chi connectivity index (χ3v) is 6.02. The Balaban J connectivity index is 1.35. The number of carbonyl (C=O) groups is 1. The van der Waals surface area contributed by atoms with E-state index in [0.717, 1.165) is 12.2 Å². The molecule has 2 aliphatic carbocycles. The minimum absolute atomic E-state index is 0.0514. The van der Waals surface area contributed by atoms with Crippen LogP contribution in [0.1, 0.15) is 65.7 Å². The molecule has 1 heterocycles. The van der Waals surface area contributed by atoms with Crippen LogP contribution >= 0.6 is 0 Å². The summed E-state index contributed by atoms with van der Waals surface area (Å²) in [7, 11) is 1.92. The van der Waals surface area contributed by atoms with Gasteiger partial charge < -0.3 is 15.0 Å². The monoisotopic (exact) mass is 354 g/mol. The van der Waals surface area contributed by atoms with E-state index >= 15 is 0 Å². The van der Waals surface area contributed by atoms with Crippen molar-refractivity contribution in [3.05, 3.63) is 47.5 Å². The summed E-state index contributed by atoms with van der Waals surface area (Å²) in [5.41, 5.74) is 1.99. The van der Waals surface area contributed by atoms with Gasteiger partial charge in [0.15, 0.2) is 0 Å². The van der Waals surface area contributed by atoms with Crippen LogP contribution in [0.2, 0.25) is 0 Å². The van der Waals surface area contributed by atoms with Crippen molar-refractivity contribution in [2.75, 3.05) is 6.54 Å². The Hall–Kier alpha value is -2.21. The lowest BCUT2D eigenvalue weighted by atomic mass is 9.79. The molecule has 0 unspecified atom stereocenters. The third kappa shape index (κ3) is 3.38. The lowest BCUT2D eigenvalue weighted by Crippen LogP contribution is -2.32. The van der Waals surface area contributed by atoms with Crippen molar-refractivity contribution in [3.63, 3.8) is 0 Å². The third-order valence-electron chi connectivity index (χ3n) is 6.02. The summed E-state index contributed by atoms with van der Waals surface area (Å²) < 4.78 is 1.91. The average molecular weight is 354 g/mol. The van der Waals surface area contributed by atoms with Gasteiger partial charge in [-0.05, 0) is 49.3 Å². The maximum Gasteiger partial charge on any atom is 0.251 e. The molecule has 2 saturated carbocycles. The van der Waals surface area contributed by atoms with E-state index < -0.39 is 6.10 Å². The minimum atomic E-state index is -0.418. The van der Waals surface area contributed by atoms with E-state index in [-0.39, 0.29) is 17.7 Å². The fraction of sp³-hybridized carbons (Fsp3) is 0.550. The van der Waals surface area contributed by atoms with Gasteiger partial charge in [-0.15, -0.1) is 10.2 Å². The minimum Gasteiger partial charge on any atom is -0.393 e. The van der Waals surface area contributed by atoms with Gasteiger partial charge in [0.25, 0.3) is 5.91 Å². The standard InChI is InChI=1S/C20H26N4O2/c1-24-12-22-23-19(24)16-9-17(18(25)10-16)11-21-20(26)15-7-3-6-14(8-15)13-4-2-5-13/h3,6-8,12-13,16-18,25H,2,4-5,9-11H2,1H3,(H,21,26)/t16-,17+,18+/m0/s1. The van der Waals surface area contributed by atoms with E-state index in [1.807, 2.05) is 29.8 Å². The second kappa shape index (κ2) is 7.19. The Morgan fingerprint density at radius 3 is 2.85 bits per heavy atom. The predicted molar refractivity (Wildman–Crippen MR) is 97.8 cm³/mol. The van der Waals surface area contributed by atoms with Gasteiger partial charge in [0.05, 0.1) is 6.10 Å². The van der Waals surface area contributed by atoms with Crippen LogP contribution in [0.5, 0.6) is 0 Å². The zero-order valence-corrected chi connectivity index (χ0v) is 15.1. The maximum absolute atomic E-state index is 12.5. The van der Waals surface area contributed by atoms with Gasteiger partial charge in [0, 0.05) is 31.0 Å². The molecule has 1 aromatic carbocycles. The highest BCUT2D eigenvalue weighted by Crippen LogP contribution is 2.38. The van der Waals surface area contributed by atoms with Crippen LogP contribution in [-0.2, 0) is 7.05 Å². The van der Waals surface area contributed by atoms with Crippen molar-refractivity contribution in [3.8, 4) is 0 Å². The molecule has 2 aromatic rings. The second-order valence-electron chi connectivity index (χ2n) is 7.76. The smallest absolute Gasteiger partial charge is 0.251 e. The largest absolute Gasteiger partial charge is 0.393 e. The number of benzene rings is 1. The number of rotatable bonds is 5. The van der Waals surface area contributed by atoms with Crippen LogP contribution < -0.4 is 5.32 Å². The van der Waals surface area contributed by atoms with Crippen LogP contribution in [-0.4, -0.2) is 38.4 Å². The molecule has 0 radical (unpaired) electrons. The molecule has 0 spiro atoms. The number of aromatic nitrogens is 3. The van der Waals surface area contributed by atoms with Gasteiger partial charge in [0.1, 0.15) is 12.2 Å². The summed E-state index contributed by atoms with van der Waals surface area (Å²) in [6.07, 6.45) is 6.49. The van der Waals surface area contributed by atoms with Crippen LogP contribution in [0.15, 0.2) is 30.6 Å². The number of hydrogen-bond acceptors (Lipinski definition) is 4. The predicted octanol–water partition coefficient (Wildman–Crippen LogP) is 2.37. The van der Waals surface area contributed by atoms with Crippen LogP contribution in [0.4, 0.5) is 0 Å². The molecule has 4 rings (SSSR count). The van der Waals surface area contributed by atoms with Crippen LogP contribution in [0, 0.1) is 5.92 Å². The zero-order valence-electron chi connectivity index (χ0n) is 15.1. The highest BCUT2D eigenvalue weighted by atomic mass is 16.3. The molecule has 1 amide bonds. The van der Waals surface area contributed by atoms with Crippen molar-refractivity contribution in [1.82, 2.24) is 20.1 Å². The molecular formula is C20H26N4O2. The fourth-order valence-corrected chi connectivity index (χ4v) is 4.20. The number of carbonyl (C=O) groups excluding carboxylic acids is 1. The maximum atomic E-state index is 12.5. The Morgan fingerprint density at radius 2 is 2.15 bits per heavy atom. The Morgan fingerprint density at radius 1 is 1.31 bits per heavy atom. The average Bonchev–Trinajstić information content (AvgIpc) is 3.17. The number of aliphatic hydroxyl groups excluding tert-OH is 1. The molecule has 2 N–H and O–H groups in total. The molecule has 1 aromatic heterocycles. The quantitative estimate of drug-likeness (QED) is 0.864. The summed E-state index contributed by atoms with van der Waals surface area (Å²) in [6, 6.07) is 7.97. The number of nitrogens with one attached hydrogen (secondary N) is 1. The first-order valence-corrected chi connectivity index (χ1v) is 9.52. The van der Waals surface area contributed by atoms with Crippen LogP contribution in [0.25, 0.3) is 0 Å². The first-order valence-electron chi connectivity index (χ1n) is 9.52. The molecule has 26 heavy (non-hydrogen) atoms. The molecular weight excluding hydrogens is 328 g/mol. The highest BCUT2D eigenvalue weighted by molar-refractivity contribution is 5.94. The Bertz CT molecular complexity index is 784. The molecule has 3 atom stereocenters. The molecule has 6 nitrogen and oxygen atoms in total. The molecule has 0 bridgehead atoms. The Labute approximate surface area is 153 Å². The van der Waals surface area contributed by atoms with Gasteiger partial charge >= 0.3 is 0 Å². The van der Waals surface area contributed by atoms with E-state index in [4.69, 9.17) is 0 Å². The second-order valence-corrected chi connectivity index (χ2v) is 7.76. The summed E-state index contributed by atoms with van der Waals surface area (Å²) in [6.45, 7) is 0.488. The molecule has 2 fully saturated rings. The van der Waals surface area contributed by atoms with Gasteiger partial charge in [-0.3, -0.25) is 4.79 Å². The van der Waals surface area contributed by atoms with Gasteiger partial charge in [-0.2, -0.15) is 0 Å². The number of hydrogen-bond donors (Lipinski definition) is 2. The number of amides is 1. The molecule has 138 valence electrons. The normalized spacial score (nSPS) is 25.8. The summed E-state index contributed by atoms with van der Waals surface area (Å²) in [5, 5.41) is 21.5. The zero-order chi connectivity index (χ0) is 18.1. The fourth-order valence-electron chi connectivity index (χ4n) is 4.20. The Kier molecular flexibility index (Phi) is 4.76. The lowest BCUT2D eigenvalue weighted by molar-refractivity contribution is 0.0916.